The van der Waals surface area contributed by atoms with Gasteiger partial charge in [-0.05, 0) is 12.1 Å². The van der Waals surface area contributed by atoms with Crippen molar-refractivity contribution >= 4 is 18.3 Å². The Morgan fingerprint density at radius 1 is 1.50 bits per heavy atom. The molecular formula is C13H19ClN2O4. The molecule has 6 nitrogen and oxygen atoms in total. The molecule has 0 saturated carbocycles. The Hall–Kier alpha value is -1.50. The van der Waals surface area contributed by atoms with Crippen LogP contribution in [-0.2, 0) is 9.53 Å². The monoisotopic (exact) mass is 302 g/mol. The Morgan fingerprint density at radius 3 is 2.85 bits per heavy atom. The first-order chi connectivity index (χ1) is 9.24. The van der Waals surface area contributed by atoms with E-state index in [2.05, 4.69) is 5.32 Å². The topological polar surface area (TPSA) is 82.8 Å². The molecule has 1 aliphatic rings. The normalized spacial score (nSPS) is 17.8. The van der Waals surface area contributed by atoms with Gasteiger partial charge in [0, 0.05) is 13.7 Å². The summed E-state index contributed by atoms with van der Waals surface area (Å²) in [5.41, 5.74) is 5.41. The first kappa shape index (κ1) is 16.6. The number of nitrogens with two attached hydrogens (primary N) is 1. The lowest BCUT2D eigenvalue weighted by Crippen LogP contribution is -2.46. The number of para-hydroxylation sites is 2. The van der Waals surface area contributed by atoms with Crippen LogP contribution in [0.4, 0.5) is 0 Å². The average molecular weight is 303 g/mol. The highest BCUT2D eigenvalue weighted by molar-refractivity contribution is 5.85. The van der Waals surface area contributed by atoms with Gasteiger partial charge in [0.05, 0.1) is 6.54 Å². The molecule has 3 N–H and O–H groups in total. The van der Waals surface area contributed by atoms with E-state index in [4.69, 9.17) is 19.9 Å². The molecule has 1 aliphatic heterocycles. The quantitative estimate of drug-likeness (QED) is 0.819. The van der Waals surface area contributed by atoms with Gasteiger partial charge in [-0.25, -0.2) is 0 Å². The van der Waals surface area contributed by atoms with Crippen molar-refractivity contribution in [2.24, 2.45) is 5.73 Å². The smallest absolute Gasteiger partial charge is 0.250 e. The molecule has 0 bridgehead atoms. The Labute approximate surface area is 124 Å². The minimum Gasteiger partial charge on any atom is -0.486 e. The fourth-order valence-corrected chi connectivity index (χ4v) is 1.80. The van der Waals surface area contributed by atoms with E-state index in [0.29, 0.717) is 18.9 Å². The molecule has 0 saturated heterocycles. The minimum atomic E-state index is -0.628. The van der Waals surface area contributed by atoms with Gasteiger partial charge >= 0.3 is 0 Å². The van der Waals surface area contributed by atoms with Gasteiger partial charge in [0.25, 0.3) is 5.91 Å². The van der Waals surface area contributed by atoms with E-state index in [1.54, 1.807) is 0 Å². The van der Waals surface area contributed by atoms with Crippen molar-refractivity contribution in [1.29, 1.82) is 0 Å². The lowest BCUT2D eigenvalue weighted by Gasteiger charge is -2.27. The molecule has 2 atom stereocenters. The maximum atomic E-state index is 11.7. The van der Waals surface area contributed by atoms with Gasteiger partial charge in [-0.2, -0.15) is 0 Å². The van der Waals surface area contributed by atoms with E-state index in [0.717, 1.165) is 5.75 Å². The van der Waals surface area contributed by atoms with Crippen molar-refractivity contribution in [1.82, 2.24) is 5.32 Å². The predicted molar refractivity (Wildman–Crippen MR) is 76.5 cm³/mol. The molecule has 7 heteroatoms. The third kappa shape index (κ3) is 4.00. The van der Waals surface area contributed by atoms with E-state index in [1.807, 2.05) is 24.3 Å². The van der Waals surface area contributed by atoms with E-state index in [-0.39, 0.29) is 31.0 Å². The zero-order chi connectivity index (χ0) is 13.7. The van der Waals surface area contributed by atoms with Crippen LogP contribution in [0, 0.1) is 0 Å². The Morgan fingerprint density at radius 2 is 2.20 bits per heavy atom. The summed E-state index contributed by atoms with van der Waals surface area (Å²) >= 11 is 0. The SMILES string of the molecule is COC(CN)C(=O)NCC1COc2ccccc2O1.Cl. The Kier molecular flexibility index (Phi) is 6.57. The van der Waals surface area contributed by atoms with Crippen LogP contribution in [0.15, 0.2) is 24.3 Å². The van der Waals surface area contributed by atoms with Crippen LogP contribution >= 0.6 is 12.4 Å². The summed E-state index contributed by atoms with van der Waals surface area (Å²) in [7, 11) is 1.45. The number of nitrogens with one attached hydrogen (secondary N) is 1. The maximum Gasteiger partial charge on any atom is 0.250 e. The van der Waals surface area contributed by atoms with Crippen LogP contribution in [0.3, 0.4) is 0 Å². The molecule has 20 heavy (non-hydrogen) atoms. The molecule has 0 fully saturated rings. The number of methoxy groups -OCH3 is 1. The van der Waals surface area contributed by atoms with Gasteiger partial charge < -0.3 is 25.3 Å². The number of hydrogen-bond donors (Lipinski definition) is 2. The lowest BCUT2D eigenvalue weighted by molar-refractivity contribution is -0.130. The standard InChI is InChI=1S/C13H18N2O4.ClH/c1-17-12(6-14)13(16)15-7-9-8-18-10-4-2-3-5-11(10)19-9;/h2-5,9,12H,6-8,14H2,1H3,(H,15,16);1H. The second-order valence-corrected chi connectivity index (χ2v) is 4.20. The lowest BCUT2D eigenvalue weighted by atomic mass is 10.2. The van der Waals surface area contributed by atoms with E-state index in [1.165, 1.54) is 7.11 Å². The third-order valence-electron chi connectivity index (χ3n) is 2.86. The van der Waals surface area contributed by atoms with Crippen LogP contribution < -0.4 is 20.5 Å². The summed E-state index contributed by atoms with van der Waals surface area (Å²) in [5.74, 6) is 1.17. The van der Waals surface area contributed by atoms with E-state index >= 15 is 0 Å². The number of hydrogen-bond acceptors (Lipinski definition) is 5. The molecule has 0 aromatic heterocycles. The number of ether oxygens (including phenoxy) is 3. The van der Waals surface area contributed by atoms with Gasteiger partial charge in [0.15, 0.2) is 11.5 Å². The second-order valence-electron chi connectivity index (χ2n) is 4.20. The van der Waals surface area contributed by atoms with Gasteiger partial charge in [0.1, 0.15) is 18.8 Å². The molecule has 1 aromatic carbocycles. The first-order valence-electron chi connectivity index (χ1n) is 6.13. The van der Waals surface area contributed by atoms with Gasteiger partial charge in [0.2, 0.25) is 0 Å². The third-order valence-corrected chi connectivity index (χ3v) is 2.86. The fourth-order valence-electron chi connectivity index (χ4n) is 1.80. The number of benzene rings is 1. The van der Waals surface area contributed by atoms with Crippen LogP contribution in [-0.4, -0.2) is 44.9 Å². The highest BCUT2D eigenvalue weighted by Crippen LogP contribution is 2.30. The summed E-state index contributed by atoms with van der Waals surface area (Å²) in [4.78, 5) is 11.7. The van der Waals surface area contributed by atoms with Crippen molar-refractivity contribution < 1.29 is 19.0 Å². The number of amides is 1. The van der Waals surface area contributed by atoms with Crippen LogP contribution in [0.2, 0.25) is 0 Å². The number of halogens is 1. The average Bonchev–Trinajstić information content (AvgIpc) is 2.46. The summed E-state index contributed by atoms with van der Waals surface area (Å²) in [5, 5.41) is 2.74. The zero-order valence-electron chi connectivity index (χ0n) is 11.2. The molecule has 0 aliphatic carbocycles. The zero-order valence-corrected chi connectivity index (χ0v) is 12.0. The van der Waals surface area contributed by atoms with Crippen LogP contribution in [0.25, 0.3) is 0 Å². The van der Waals surface area contributed by atoms with Crippen LogP contribution in [0.5, 0.6) is 11.5 Å². The van der Waals surface area contributed by atoms with Crippen molar-refractivity contribution in [2.45, 2.75) is 12.2 Å². The number of rotatable bonds is 5. The van der Waals surface area contributed by atoms with Crippen LogP contribution in [0.1, 0.15) is 0 Å². The number of carbonyl (C=O) groups is 1. The number of carbonyl (C=O) groups excluding carboxylic acids is 1. The maximum absolute atomic E-state index is 11.7. The largest absolute Gasteiger partial charge is 0.486 e. The highest BCUT2D eigenvalue weighted by atomic mass is 35.5. The van der Waals surface area contributed by atoms with Crippen molar-refractivity contribution in [3.63, 3.8) is 0 Å². The van der Waals surface area contributed by atoms with E-state index in [9.17, 15) is 4.79 Å². The second kappa shape index (κ2) is 7.94. The fraction of sp³-hybridized carbons (Fsp3) is 0.462. The molecule has 1 heterocycles. The highest BCUT2D eigenvalue weighted by Gasteiger charge is 2.22. The molecule has 1 aromatic rings. The molecule has 0 spiro atoms. The molecule has 2 unspecified atom stereocenters. The van der Waals surface area contributed by atoms with Gasteiger partial charge in [-0.3, -0.25) is 4.79 Å². The molecule has 1 amide bonds. The summed E-state index contributed by atoms with van der Waals surface area (Å²) in [6.07, 6.45) is -0.842. The van der Waals surface area contributed by atoms with Gasteiger partial charge in [-0.1, -0.05) is 12.1 Å². The van der Waals surface area contributed by atoms with Crippen molar-refractivity contribution in [3.8, 4) is 11.5 Å². The summed E-state index contributed by atoms with van der Waals surface area (Å²) in [6, 6.07) is 7.44. The molecule has 112 valence electrons. The van der Waals surface area contributed by atoms with Crippen molar-refractivity contribution in [3.05, 3.63) is 24.3 Å². The molecular weight excluding hydrogens is 284 g/mol. The molecule has 2 rings (SSSR count). The predicted octanol–water partition coefficient (Wildman–Crippen LogP) is 0.338. The summed E-state index contributed by atoms with van der Waals surface area (Å²) in [6.45, 7) is 0.901. The van der Waals surface area contributed by atoms with E-state index < -0.39 is 6.10 Å². The Balaban J connectivity index is 0.00000200. The molecule has 0 radical (unpaired) electrons. The number of fused-ring (bicyclic) bond motifs is 1. The Bertz CT molecular complexity index is 440. The van der Waals surface area contributed by atoms with Crippen molar-refractivity contribution in [2.75, 3.05) is 26.8 Å². The first-order valence-corrected chi connectivity index (χ1v) is 6.13. The van der Waals surface area contributed by atoms with Gasteiger partial charge in [-0.15, -0.1) is 12.4 Å². The summed E-state index contributed by atoms with van der Waals surface area (Å²) < 4.78 is 16.2. The minimum absolute atomic E-state index is 0.